The van der Waals surface area contributed by atoms with Gasteiger partial charge in [-0.25, -0.2) is 0 Å². The van der Waals surface area contributed by atoms with Crippen LogP contribution in [0.3, 0.4) is 0 Å². The predicted molar refractivity (Wildman–Crippen MR) is 73.5 cm³/mol. The summed E-state index contributed by atoms with van der Waals surface area (Å²) in [5.41, 5.74) is 7.28. The quantitative estimate of drug-likeness (QED) is 0.865. The monoisotopic (exact) mass is 251 g/mol. The summed E-state index contributed by atoms with van der Waals surface area (Å²) >= 11 is 1.55. The van der Waals surface area contributed by atoms with E-state index in [1.165, 1.54) is 36.2 Å². The highest BCUT2D eigenvalue weighted by Crippen LogP contribution is 2.48. The van der Waals surface area contributed by atoms with Gasteiger partial charge in [0.1, 0.15) is 10.8 Å². The Hall–Kier alpha value is -0.770. The van der Waals surface area contributed by atoms with Crippen LogP contribution in [0.1, 0.15) is 51.0 Å². The number of aromatic nitrogens is 1. The van der Waals surface area contributed by atoms with Gasteiger partial charge in [-0.1, -0.05) is 13.8 Å². The topological polar surface area (TPSA) is 50.9 Å². The Morgan fingerprint density at radius 2 is 2.00 bits per heavy atom. The highest BCUT2D eigenvalue weighted by Gasteiger charge is 2.34. The van der Waals surface area contributed by atoms with E-state index in [0.29, 0.717) is 12.0 Å². The molecule has 3 N–H and O–H groups in total. The van der Waals surface area contributed by atoms with E-state index in [4.69, 9.17) is 5.73 Å². The van der Waals surface area contributed by atoms with E-state index < -0.39 is 0 Å². The zero-order chi connectivity index (χ0) is 12.0. The number of anilines is 2. The van der Waals surface area contributed by atoms with E-state index in [0.717, 1.165) is 17.7 Å². The van der Waals surface area contributed by atoms with Crippen molar-refractivity contribution in [2.75, 3.05) is 11.1 Å². The summed E-state index contributed by atoms with van der Waals surface area (Å²) in [5, 5.41) is 4.95. The molecule has 2 aliphatic carbocycles. The van der Waals surface area contributed by atoms with Gasteiger partial charge in [-0.3, -0.25) is 0 Å². The fourth-order valence-corrected chi connectivity index (χ4v) is 3.78. The van der Waals surface area contributed by atoms with Gasteiger partial charge in [-0.15, -0.1) is 0 Å². The van der Waals surface area contributed by atoms with Crippen LogP contribution in [0.5, 0.6) is 0 Å². The summed E-state index contributed by atoms with van der Waals surface area (Å²) in [7, 11) is 0. The van der Waals surface area contributed by atoms with Crippen LogP contribution in [-0.2, 0) is 0 Å². The van der Waals surface area contributed by atoms with Gasteiger partial charge in [0.25, 0.3) is 0 Å². The molecule has 94 valence electrons. The van der Waals surface area contributed by atoms with Gasteiger partial charge in [-0.05, 0) is 55.0 Å². The first-order chi connectivity index (χ1) is 8.16. The van der Waals surface area contributed by atoms with E-state index in [-0.39, 0.29) is 0 Å². The largest absolute Gasteiger partial charge is 0.383 e. The average Bonchev–Trinajstić information content (AvgIpc) is 3.01. The van der Waals surface area contributed by atoms with E-state index in [2.05, 4.69) is 23.5 Å². The number of nitrogens with zero attached hydrogens (tertiary/aromatic N) is 1. The van der Waals surface area contributed by atoms with E-state index in [1.807, 2.05) is 0 Å². The molecule has 0 bridgehead atoms. The third kappa shape index (κ3) is 2.03. The minimum Gasteiger partial charge on any atom is -0.383 e. The zero-order valence-corrected chi connectivity index (χ0v) is 11.4. The number of hydrogen-bond acceptors (Lipinski definition) is 4. The van der Waals surface area contributed by atoms with Gasteiger partial charge in [0.15, 0.2) is 0 Å². The number of nitrogens with one attached hydrogen (secondary N) is 1. The molecule has 3 rings (SSSR count). The normalized spacial score (nSPS) is 32.9. The summed E-state index contributed by atoms with van der Waals surface area (Å²) in [6.07, 6.45) is 5.19. The molecular formula is C13H21N3S. The number of nitrogens with two attached hydrogens (primary N) is 1. The molecule has 0 aromatic carbocycles. The molecule has 0 aliphatic heterocycles. The molecule has 2 aliphatic rings. The third-order valence-electron chi connectivity index (χ3n) is 4.52. The fraction of sp³-hybridized carbons (Fsp3) is 0.769. The molecule has 4 heteroatoms. The molecule has 0 saturated heterocycles. The lowest BCUT2D eigenvalue weighted by molar-refractivity contribution is 0.436. The molecule has 3 unspecified atom stereocenters. The summed E-state index contributed by atoms with van der Waals surface area (Å²) < 4.78 is 4.32. The van der Waals surface area contributed by atoms with Crippen molar-refractivity contribution in [3.05, 3.63) is 5.56 Å². The molecule has 0 amide bonds. The molecule has 1 aromatic rings. The van der Waals surface area contributed by atoms with Crippen LogP contribution in [0.4, 0.5) is 10.8 Å². The SMILES string of the molecule is CC1CCC(Nc2snc(N)c2C2CC2)C1C. The van der Waals surface area contributed by atoms with Crippen molar-refractivity contribution in [1.82, 2.24) is 4.37 Å². The van der Waals surface area contributed by atoms with Crippen LogP contribution in [0.25, 0.3) is 0 Å². The first kappa shape index (κ1) is 11.3. The molecule has 3 nitrogen and oxygen atoms in total. The van der Waals surface area contributed by atoms with Crippen molar-refractivity contribution in [2.45, 2.75) is 51.5 Å². The molecule has 0 spiro atoms. The zero-order valence-electron chi connectivity index (χ0n) is 10.6. The predicted octanol–water partition coefficient (Wildman–Crippen LogP) is 3.45. The van der Waals surface area contributed by atoms with Gasteiger partial charge in [-0.2, -0.15) is 4.37 Å². The van der Waals surface area contributed by atoms with Crippen molar-refractivity contribution in [2.24, 2.45) is 11.8 Å². The maximum absolute atomic E-state index is 5.98. The van der Waals surface area contributed by atoms with Crippen molar-refractivity contribution in [1.29, 1.82) is 0 Å². The molecule has 2 saturated carbocycles. The maximum atomic E-state index is 5.98. The lowest BCUT2D eigenvalue weighted by Gasteiger charge is -2.20. The lowest BCUT2D eigenvalue weighted by atomic mass is 9.98. The third-order valence-corrected chi connectivity index (χ3v) is 5.33. The van der Waals surface area contributed by atoms with Crippen LogP contribution < -0.4 is 11.1 Å². The molecule has 1 aromatic heterocycles. The summed E-state index contributed by atoms with van der Waals surface area (Å²) in [4.78, 5) is 0. The Morgan fingerprint density at radius 3 is 2.59 bits per heavy atom. The van der Waals surface area contributed by atoms with Crippen LogP contribution in [0.2, 0.25) is 0 Å². The number of hydrogen-bond donors (Lipinski definition) is 2. The van der Waals surface area contributed by atoms with Crippen LogP contribution in [0, 0.1) is 11.8 Å². The van der Waals surface area contributed by atoms with E-state index >= 15 is 0 Å². The van der Waals surface area contributed by atoms with Crippen molar-refractivity contribution < 1.29 is 0 Å². The second-order valence-electron chi connectivity index (χ2n) is 5.75. The fourth-order valence-electron chi connectivity index (χ4n) is 2.92. The minimum atomic E-state index is 0.613. The second kappa shape index (κ2) is 4.16. The Morgan fingerprint density at radius 1 is 1.24 bits per heavy atom. The first-order valence-corrected chi connectivity index (χ1v) is 7.45. The van der Waals surface area contributed by atoms with Crippen molar-refractivity contribution in [3.8, 4) is 0 Å². The Bertz CT molecular complexity index is 411. The van der Waals surface area contributed by atoms with Gasteiger partial charge in [0, 0.05) is 11.6 Å². The number of nitrogen functional groups attached to an aromatic ring is 1. The summed E-state index contributed by atoms with van der Waals surface area (Å²) in [6, 6.07) is 0.613. The Kier molecular flexibility index (Phi) is 2.77. The molecule has 17 heavy (non-hydrogen) atoms. The molecule has 1 heterocycles. The highest BCUT2D eigenvalue weighted by molar-refractivity contribution is 7.10. The molecule has 3 atom stereocenters. The van der Waals surface area contributed by atoms with Gasteiger partial charge in [0.05, 0.1) is 0 Å². The second-order valence-corrected chi connectivity index (χ2v) is 6.52. The van der Waals surface area contributed by atoms with Crippen molar-refractivity contribution >= 4 is 22.4 Å². The molecular weight excluding hydrogens is 230 g/mol. The van der Waals surface area contributed by atoms with Crippen LogP contribution in [0.15, 0.2) is 0 Å². The molecule has 2 fully saturated rings. The van der Waals surface area contributed by atoms with Gasteiger partial charge < -0.3 is 11.1 Å². The summed E-state index contributed by atoms with van der Waals surface area (Å²) in [5.74, 6) is 3.04. The number of rotatable bonds is 3. The average molecular weight is 251 g/mol. The minimum absolute atomic E-state index is 0.613. The van der Waals surface area contributed by atoms with Gasteiger partial charge >= 0.3 is 0 Å². The van der Waals surface area contributed by atoms with Crippen molar-refractivity contribution in [3.63, 3.8) is 0 Å². The lowest BCUT2D eigenvalue weighted by Crippen LogP contribution is -2.24. The standard InChI is InChI=1S/C13H21N3S/c1-7-3-6-10(8(7)2)15-13-11(9-4-5-9)12(14)16-17-13/h7-10,15H,3-6H2,1-2H3,(H2,14,16). The Labute approximate surface area is 107 Å². The van der Waals surface area contributed by atoms with E-state index in [1.54, 1.807) is 11.5 Å². The summed E-state index contributed by atoms with van der Waals surface area (Å²) in [6.45, 7) is 4.71. The smallest absolute Gasteiger partial charge is 0.142 e. The molecule has 0 radical (unpaired) electrons. The van der Waals surface area contributed by atoms with E-state index in [9.17, 15) is 0 Å². The van der Waals surface area contributed by atoms with Gasteiger partial charge in [0.2, 0.25) is 0 Å². The Balaban J connectivity index is 1.77. The van der Waals surface area contributed by atoms with Crippen LogP contribution >= 0.6 is 11.5 Å². The highest BCUT2D eigenvalue weighted by atomic mass is 32.1. The maximum Gasteiger partial charge on any atom is 0.142 e. The first-order valence-electron chi connectivity index (χ1n) is 6.68. The van der Waals surface area contributed by atoms with Crippen LogP contribution in [-0.4, -0.2) is 10.4 Å².